The Labute approximate surface area is 153 Å². The van der Waals surface area contributed by atoms with Crippen LogP contribution in [0.2, 0.25) is 0 Å². The van der Waals surface area contributed by atoms with Gasteiger partial charge in [0.2, 0.25) is 10.0 Å². The van der Waals surface area contributed by atoms with Crippen molar-refractivity contribution >= 4 is 15.8 Å². The van der Waals surface area contributed by atoms with E-state index >= 15 is 0 Å². The van der Waals surface area contributed by atoms with Crippen molar-refractivity contribution in [1.29, 1.82) is 0 Å². The SMILES string of the molecule is Cc1ccc(N2CCN(S(=O)(=O)c3ccc(F)c(C(F)(F)F)c3)CC2)nn1. The Bertz CT molecular complexity index is 924. The highest BCUT2D eigenvalue weighted by molar-refractivity contribution is 7.89. The maximum absolute atomic E-state index is 13.4. The van der Waals surface area contributed by atoms with E-state index in [-0.39, 0.29) is 13.1 Å². The number of sulfonamides is 1. The summed E-state index contributed by atoms with van der Waals surface area (Å²) in [5, 5.41) is 7.98. The van der Waals surface area contributed by atoms with Crippen LogP contribution in [0.3, 0.4) is 0 Å². The second-order valence-electron chi connectivity index (χ2n) is 6.06. The molecule has 3 rings (SSSR count). The van der Waals surface area contributed by atoms with E-state index in [2.05, 4.69) is 10.2 Å². The highest BCUT2D eigenvalue weighted by Crippen LogP contribution is 2.33. The molecule has 1 aromatic carbocycles. The van der Waals surface area contributed by atoms with Crippen molar-refractivity contribution < 1.29 is 26.0 Å². The number of rotatable bonds is 3. The summed E-state index contributed by atoms with van der Waals surface area (Å²) in [6.45, 7) is 2.54. The van der Waals surface area contributed by atoms with Gasteiger partial charge < -0.3 is 4.90 Å². The summed E-state index contributed by atoms with van der Waals surface area (Å²) in [5.74, 6) is -0.914. The zero-order valence-electron chi connectivity index (χ0n) is 14.2. The largest absolute Gasteiger partial charge is 0.419 e. The Balaban J connectivity index is 1.78. The molecule has 0 bridgehead atoms. The van der Waals surface area contributed by atoms with Crippen molar-refractivity contribution in [3.63, 3.8) is 0 Å². The lowest BCUT2D eigenvalue weighted by molar-refractivity contribution is -0.140. The maximum Gasteiger partial charge on any atom is 0.419 e. The van der Waals surface area contributed by atoms with E-state index in [0.717, 1.165) is 16.1 Å². The molecule has 1 fully saturated rings. The molecule has 6 nitrogen and oxygen atoms in total. The number of hydrogen-bond acceptors (Lipinski definition) is 5. The fourth-order valence-corrected chi connectivity index (χ4v) is 4.20. The number of hydrogen-bond donors (Lipinski definition) is 0. The number of benzene rings is 1. The molecule has 11 heteroatoms. The van der Waals surface area contributed by atoms with Crippen LogP contribution in [0.5, 0.6) is 0 Å². The average molecular weight is 404 g/mol. The zero-order valence-corrected chi connectivity index (χ0v) is 15.1. The molecule has 1 aliphatic heterocycles. The molecule has 0 saturated carbocycles. The van der Waals surface area contributed by atoms with Gasteiger partial charge in [-0.05, 0) is 37.3 Å². The van der Waals surface area contributed by atoms with Crippen LogP contribution in [0.4, 0.5) is 23.4 Å². The summed E-state index contributed by atoms with van der Waals surface area (Å²) in [6.07, 6.45) is -4.97. The summed E-state index contributed by atoms with van der Waals surface area (Å²) in [4.78, 5) is 1.25. The fourth-order valence-electron chi connectivity index (χ4n) is 2.75. The number of halogens is 4. The van der Waals surface area contributed by atoms with Gasteiger partial charge in [0, 0.05) is 26.2 Å². The zero-order chi connectivity index (χ0) is 19.8. The van der Waals surface area contributed by atoms with Gasteiger partial charge in [0.15, 0.2) is 5.82 Å². The Kier molecular flexibility index (Phi) is 5.08. The fraction of sp³-hybridized carbons (Fsp3) is 0.375. The molecule has 27 heavy (non-hydrogen) atoms. The van der Waals surface area contributed by atoms with Gasteiger partial charge >= 0.3 is 6.18 Å². The molecule has 1 aliphatic rings. The number of anilines is 1. The molecule has 0 radical (unpaired) electrons. The third kappa shape index (κ3) is 4.03. The molecule has 1 saturated heterocycles. The van der Waals surface area contributed by atoms with Crippen molar-refractivity contribution in [3.8, 4) is 0 Å². The third-order valence-electron chi connectivity index (χ3n) is 4.23. The lowest BCUT2D eigenvalue weighted by Crippen LogP contribution is -2.49. The molecule has 0 spiro atoms. The van der Waals surface area contributed by atoms with Crippen molar-refractivity contribution in [1.82, 2.24) is 14.5 Å². The minimum Gasteiger partial charge on any atom is -0.352 e. The lowest BCUT2D eigenvalue weighted by atomic mass is 10.2. The Morgan fingerprint density at radius 1 is 1.00 bits per heavy atom. The van der Waals surface area contributed by atoms with Crippen LogP contribution in [-0.4, -0.2) is 49.1 Å². The standard InChI is InChI=1S/C16H16F4N4O2S/c1-11-2-5-15(22-21-11)23-6-8-24(9-7-23)27(25,26)12-3-4-14(17)13(10-12)16(18,19)20/h2-5,10H,6-9H2,1H3. The first-order chi connectivity index (χ1) is 12.6. The van der Waals surface area contributed by atoms with E-state index in [1.165, 1.54) is 0 Å². The summed E-state index contributed by atoms with van der Waals surface area (Å²) < 4.78 is 78.4. The first-order valence-corrected chi connectivity index (χ1v) is 9.45. The van der Waals surface area contributed by atoms with Crippen LogP contribution in [0.25, 0.3) is 0 Å². The number of piperazine rings is 1. The van der Waals surface area contributed by atoms with Crippen LogP contribution in [0.15, 0.2) is 35.2 Å². The van der Waals surface area contributed by atoms with E-state index in [9.17, 15) is 26.0 Å². The minimum atomic E-state index is -4.97. The minimum absolute atomic E-state index is 0.0661. The van der Waals surface area contributed by atoms with Gasteiger partial charge in [-0.15, -0.1) is 5.10 Å². The summed E-state index contributed by atoms with van der Waals surface area (Å²) in [5.41, 5.74) is -0.853. The van der Waals surface area contributed by atoms with E-state index in [0.29, 0.717) is 31.0 Å². The monoisotopic (exact) mass is 404 g/mol. The quantitative estimate of drug-likeness (QED) is 0.736. The molecule has 2 aromatic rings. The molecule has 0 aliphatic carbocycles. The second-order valence-corrected chi connectivity index (χ2v) is 8.00. The molecule has 0 unspecified atom stereocenters. The molecule has 146 valence electrons. The molecule has 0 atom stereocenters. The maximum atomic E-state index is 13.4. The lowest BCUT2D eigenvalue weighted by Gasteiger charge is -2.34. The molecule has 2 heterocycles. The van der Waals surface area contributed by atoms with E-state index < -0.39 is 32.5 Å². The Hall–Kier alpha value is -2.27. The highest BCUT2D eigenvalue weighted by atomic mass is 32.2. The van der Waals surface area contributed by atoms with Crippen LogP contribution < -0.4 is 4.90 Å². The van der Waals surface area contributed by atoms with Gasteiger partial charge in [-0.25, -0.2) is 12.8 Å². The predicted molar refractivity (Wildman–Crippen MR) is 89.1 cm³/mol. The van der Waals surface area contributed by atoms with Gasteiger partial charge in [-0.2, -0.15) is 22.6 Å². The summed E-state index contributed by atoms with van der Waals surface area (Å²) in [7, 11) is -4.17. The van der Waals surface area contributed by atoms with E-state index in [4.69, 9.17) is 0 Å². The van der Waals surface area contributed by atoms with Gasteiger partial charge in [-0.1, -0.05) is 0 Å². The summed E-state index contributed by atoms with van der Waals surface area (Å²) in [6, 6.07) is 5.25. The normalized spacial score (nSPS) is 16.6. The number of aryl methyl sites for hydroxylation is 1. The van der Waals surface area contributed by atoms with Crippen LogP contribution in [0.1, 0.15) is 11.3 Å². The van der Waals surface area contributed by atoms with Crippen LogP contribution in [0, 0.1) is 12.7 Å². The van der Waals surface area contributed by atoms with Gasteiger partial charge in [-0.3, -0.25) is 0 Å². The van der Waals surface area contributed by atoms with Crippen molar-refractivity contribution in [2.45, 2.75) is 18.0 Å². The Morgan fingerprint density at radius 3 is 2.22 bits per heavy atom. The first kappa shape index (κ1) is 19.5. The third-order valence-corrected chi connectivity index (χ3v) is 6.12. The van der Waals surface area contributed by atoms with Crippen LogP contribution in [-0.2, 0) is 16.2 Å². The van der Waals surface area contributed by atoms with Gasteiger partial charge in [0.25, 0.3) is 0 Å². The molecular formula is C16H16F4N4O2S. The Morgan fingerprint density at radius 2 is 1.67 bits per heavy atom. The van der Waals surface area contributed by atoms with E-state index in [1.807, 2.05) is 4.90 Å². The predicted octanol–water partition coefficient (Wildman–Crippen LogP) is 2.45. The van der Waals surface area contributed by atoms with Crippen molar-refractivity contribution in [3.05, 3.63) is 47.4 Å². The number of nitrogens with zero attached hydrogens (tertiary/aromatic N) is 4. The molecule has 0 amide bonds. The van der Waals surface area contributed by atoms with Gasteiger partial charge in [0.05, 0.1) is 16.2 Å². The van der Waals surface area contributed by atoms with Crippen molar-refractivity contribution in [2.75, 3.05) is 31.1 Å². The first-order valence-electron chi connectivity index (χ1n) is 8.01. The van der Waals surface area contributed by atoms with Gasteiger partial charge in [0.1, 0.15) is 5.82 Å². The number of alkyl halides is 3. The molecular weight excluding hydrogens is 388 g/mol. The number of aromatic nitrogens is 2. The molecule has 1 aromatic heterocycles. The topological polar surface area (TPSA) is 66.4 Å². The van der Waals surface area contributed by atoms with Crippen LogP contribution >= 0.6 is 0 Å². The van der Waals surface area contributed by atoms with Crippen molar-refractivity contribution in [2.24, 2.45) is 0 Å². The van der Waals surface area contributed by atoms with E-state index in [1.54, 1.807) is 19.1 Å². The highest BCUT2D eigenvalue weighted by Gasteiger charge is 2.37. The smallest absolute Gasteiger partial charge is 0.352 e. The average Bonchev–Trinajstić information content (AvgIpc) is 2.62. The second kappa shape index (κ2) is 7.04. The summed E-state index contributed by atoms with van der Waals surface area (Å²) >= 11 is 0. The molecule has 0 N–H and O–H groups in total.